The third-order valence-electron chi connectivity index (χ3n) is 4.24. The predicted molar refractivity (Wildman–Crippen MR) is 122 cm³/mol. The van der Waals surface area contributed by atoms with E-state index in [1.165, 1.54) is 11.8 Å². The smallest absolute Gasteiger partial charge is 0.265 e. The normalized spacial score (nSPS) is 10.6. The summed E-state index contributed by atoms with van der Waals surface area (Å²) in [7, 11) is 4.85. The van der Waals surface area contributed by atoms with Crippen molar-refractivity contribution in [2.24, 2.45) is 0 Å². The molecule has 1 N–H and O–H groups in total. The van der Waals surface area contributed by atoms with E-state index in [1.807, 2.05) is 65.1 Å². The SMILES string of the molecule is COc1cccc(CSc2nc(Cc3ccc(OC)c(OC)c3)c(I)c(=O)[nH]2)c1. The molecule has 0 spiro atoms. The molecule has 0 bridgehead atoms. The van der Waals surface area contributed by atoms with Crippen LogP contribution in [0.25, 0.3) is 0 Å². The van der Waals surface area contributed by atoms with Crippen LogP contribution in [0.4, 0.5) is 0 Å². The second kappa shape index (κ2) is 10.0. The average molecular weight is 524 g/mol. The van der Waals surface area contributed by atoms with Crippen LogP contribution >= 0.6 is 34.4 Å². The number of H-pyrrole nitrogens is 1. The largest absolute Gasteiger partial charge is 0.497 e. The summed E-state index contributed by atoms with van der Waals surface area (Å²) in [4.78, 5) is 19.9. The second-order valence-electron chi connectivity index (χ2n) is 6.14. The molecule has 0 atom stereocenters. The van der Waals surface area contributed by atoms with E-state index in [2.05, 4.69) is 9.97 Å². The number of aromatic amines is 1. The number of halogens is 1. The van der Waals surface area contributed by atoms with Gasteiger partial charge < -0.3 is 19.2 Å². The van der Waals surface area contributed by atoms with Crippen LogP contribution in [0, 0.1) is 3.57 Å². The quantitative estimate of drug-likeness (QED) is 0.270. The number of methoxy groups -OCH3 is 3. The number of nitrogens with one attached hydrogen (secondary N) is 1. The van der Waals surface area contributed by atoms with Crippen molar-refractivity contribution in [3.63, 3.8) is 0 Å². The predicted octanol–water partition coefficient (Wildman–Crippen LogP) is 4.28. The molecule has 3 rings (SSSR count). The number of benzene rings is 2. The molecule has 29 heavy (non-hydrogen) atoms. The number of rotatable bonds is 8. The maximum Gasteiger partial charge on any atom is 0.265 e. The van der Waals surface area contributed by atoms with Gasteiger partial charge in [0.1, 0.15) is 9.32 Å². The first-order valence-electron chi connectivity index (χ1n) is 8.79. The molecule has 1 aromatic heterocycles. The highest BCUT2D eigenvalue weighted by molar-refractivity contribution is 14.1. The lowest BCUT2D eigenvalue weighted by Gasteiger charge is -2.11. The van der Waals surface area contributed by atoms with Gasteiger partial charge >= 0.3 is 0 Å². The van der Waals surface area contributed by atoms with Crippen molar-refractivity contribution in [2.45, 2.75) is 17.3 Å². The van der Waals surface area contributed by atoms with Crippen molar-refractivity contribution in [1.82, 2.24) is 9.97 Å². The highest BCUT2D eigenvalue weighted by Crippen LogP contribution is 2.29. The molecule has 0 fully saturated rings. The molecule has 6 nitrogen and oxygen atoms in total. The van der Waals surface area contributed by atoms with Crippen LogP contribution in [-0.2, 0) is 12.2 Å². The Bertz CT molecular complexity index is 1060. The maximum absolute atomic E-state index is 12.4. The first-order chi connectivity index (χ1) is 14.0. The summed E-state index contributed by atoms with van der Waals surface area (Å²) in [5.41, 5.74) is 2.68. The Morgan fingerprint density at radius 3 is 2.52 bits per heavy atom. The molecule has 0 saturated carbocycles. The van der Waals surface area contributed by atoms with E-state index in [1.54, 1.807) is 21.3 Å². The Morgan fingerprint density at radius 2 is 1.79 bits per heavy atom. The fourth-order valence-electron chi connectivity index (χ4n) is 2.77. The molecule has 0 aliphatic rings. The summed E-state index contributed by atoms with van der Waals surface area (Å²) >= 11 is 3.53. The molecule has 152 valence electrons. The van der Waals surface area contributed by atoms with Crippen LogP contribution in [0.1, 0.15) is 16.8 Å². The van der Waals surface area contributed by atoms with Gasteiger partial charge in [-0.2, -0.15) is 0 Å². The lowest BCUT2D eigenvalue weighted by Crippen LogP contribution is -2.16. The van der Waals surface area contributed by atoms with E-state index in [0.29, 0.717) is 32.4 Å². The Kier molecular flexibility index (Phi) is 7.43. The van der Waals surface area contributed by atoms with Crippen molar-refractivity contribution in [1.29, 1.82) is 0 Å². The van der Waals surface area contributed by atoms with E-state index >= 15 is 0 Å². The van der Waals surface area contributed by atoms with Crippen LogP contribution in [0.3, 0.4) is 0 Å². The van der Waals surface area contributed by atoms with Gasteiger partial charge in [0.05, 0.1) is 27.0 Å². The summed E-state index contributed by atoms with van der Waals surface area (Å²) in [6.45, 7) is 0. The number of nitrogens with zero attached hydrogens (tertiary/aromatic N) is 1. The number of thioether (sulfide) groups is 1. The van der Waals surface area contributed by atoms with Gasteiger partial charge in [0.25, 0.3) is 5.56 Å². The molecule has 0 aliphatic carbocycles. The van der Waals surface area contributed by atoms with Gasteiger partial charge in [0, 0.05) is 12.2 Å². The molecule has 2 aromatic carbocycles. The molecular formula is C21H21IN2O4S. The van der Waals surface area contributed by atoms with Gasteiger partial charge in [0.15, 0.2) is 16.7 Å². The van der Waals surface area contributed by atoms with Crippen LogP contribution in [-0.4, -0.2) is 31.3 Å². The summed E-state index contributed by atoms with van der Waals surface area (Å²) in [5.74, 6) is 2.80. The lowest BCUT2D eigenvalue weighted by molar-refractivity contribution is 0.354. The monoisotopic (exact) mass is 524 g/mol. The molecular weight excluding hydrogens is 503 g/mol. The van der Waals surface area contributed by atoms with Crippen molar-refractivity contribution < 1.29 is 14.2 Å². The molecule has 0 aliphatic heterocycles. The third-order valence-corrected chi connectivity index (χ3v) is 6.30. The van der Waals surface area contributed by atoms with Crippen LogP contribution < -0.4 is 19.8 Å². The van der Waals surface area contributed by atoms with E-state index in [-0.39, 0.29) is 5.56 Å². The fourth-order valence-corrected chi connectivity index (χ4v) is 4.03. The molecule has 0 unspecified atom stereocenters. The van der Waals surface area contributed by atoms with E-state index in [4.69, 9.17) is 14.2 Å². The minimum absolute atomic E-state index is 0.135. The van der Waals surface area contributed by atoms with Gasteiger partial charge in [-0.15, -0.1) is 0 Å². The van der Waals surface area contributed by atoms with Crippen LogP contribution in [0.5, 0.6) is 17.2 Å². The molecule has 0 amide bonds. The van der Waals surface area contributed by atoms with Gasteiger partial charge in [-0.3, -0.25) is 4.79 Å². The Morgan fingerprint density at radius 1 is 1.00 bits per heavy atom. The van der Waals surface area contributed by atoms with Crippen molar-refractivity contribution >= 4 is 34.4 Å². The molecule has 0 saturated heterocycles. The first kappa shape index (κ1) is 21.5. The van der Waals surface area contributed by atoms with Crippen molar-refractivity contribution in [2.75, 3.05) is 21.3 Å². The van der Waals surface area contributed by atoms with Crippen molar-refractivity contribution in [3.8, 4) is 17.2 Å². The number of ether oxygens (including phenoxy) is 3. The number of hydrogen-bond donors (Lipinski definition) is 1. The van der Waals surface area contributed by atoms with E-state index in [9.17, 15) is 4.79 Å². The standard InChI is InChI=1S/C21H21IN2O4S/c1-26-15-6-4-5-14(9-15)12-29-21-23-16(19(22)20(25)24-21)10-13-7-8-17(27-2)18(11-13)28-3/h4-9,11H,10,12H2,1-3H3,(H,23,24,25). The zero-order valence-electron chi connectivity index (χ0n) is 16.3. The summed E-state index contributed by atoms with van der Waals surface area (Å²) < 4.78 is 16.5. The van der Waals surface area contributed by atoms with Crippen molar-refractivity contribution in [3.05, 3.63) is 73.2 Å². The van der Waals surface area contributed by atoms with Crippen LogP contribution in [0.2, 0.25) is 0 Å². The highest BCUT2D eigenvalue weighted by Gasteiger charge is 2.12. The Balaban J connectivity index is 1.81. The molecule has 8 heteroatoms. The van der Waals surface area contributed by atoms with Gasteiger partial charge in [-0.1, -0.05) is 30.0 Å². The first-order valence-corrected chi connectivity index (χ1v) is 10.9. The minimum atomic E-state index is -0.135. The topological polar surface area (TPSA) is 73.4 Å². The summed E-state index contributed by atoms with van der Waals surface area (Å²) in [6.07, 6.45) is 0.523. The van der Waals surface area contributed by atoms with Gasteiger partial charge in [0.2, 0.25) is 0 Å². The summed E-state index contributed by atoms with van der Waals surface area (Å²) in [5, 5.41) is 0.591. The highest BCUT2D eigenvalue weighted by atomic mass is 127. The average Bonchev–Trinajstić information content (AvgIpc) is 2.75. The Hall–Kier alpha value is -2.20. The fraction of sp³-hybridized carbons (Fsp3) is 0.238. The molecule has 3 aromatic rings. The van der Waals surface area contributed by atoms with Gasteiger partial charge in [-0.05, 0) is 58.0 Å². The second-order valence-corrected chi connectivity index (χ2v) is 8.18. The van der Waals surface area contributed by atoms with Gasteiger partial charge in [-0.25, -0.2) is 4.98 Å². The maximum atomic E-state index is 12.4. The zero-order valence-corrected chi connectivity index (χ0v) is 19.3. The lowest BCUT2D eigenvalue weighted by atomic mass is 10.1. The van der Waals surface area contributed by atoms with E-state index < -0.39 is 0 Å². The number of aromatic nitrogens is 2. The number of hydrogen-bond acceptors (Lipinski definition) is 6. The Labute approximate surface area is 187 Å². The minimum Gasteiger partial charge on any atom is -0.497 e. The third kappa shape index (κ3) is 5.45. The van der Waals surface area contributed by atoms with E-state index in [0.717, 1.165) is 22.6 Å². The molecule has 0 radical (unpaired) electrons. The molecule has 1 heterocycles. The zero-order chi connectivity index (χ0) is 20.8. The van der Waals surface area contributed by atoms with Crippen LogP contribution in [0.15, 0.2) is 52.4 Å². The summed E-state index contributed by atoms with van der Waals surface area (Å²) in [6, 6.07) is 13.5.